The Morgan fingerprint density at radius 3 is 2.21 bits per heavy atom. The number of benzene rings is 1. The van der Waals surface area contributed by atoms with Crippen LogP contribution in [0.5, 0.6) is 0 Å². The molecule has 0 saturated heterocycles. The number of hydrogen-bond acceptors (Lipinski definition) is 3. The van der Waals surface area contributed by atoms with Crippen LogP contribution in [-0.4, -0.2) is 8.76 Å². The molecule has 0 radical (unpaired) electrons. The molecule has 1 aromatic heterocycles. The summed E-state index contributed by atoms with van der Waals surface area (Å²) in [5.74, 6) is 0. The minimum Gasteiger partial charge on any atom is -0.768 e. The summed E-state index contributed by atoms with van der Waals surface area (Å²) < 4.78 is 59.1. The maximum Gasteiger partial charge on any atom is 0.416 e. The van der Waals surface area contributed by atoms with E-state index in [1.165, 1.54) is 29.5 Å². The Morgan fingerprint density at radius 2 is 1.79 bits per heavy atom. The highest BCUT2D eigenvalue weighted by Crippen LogP contribution is 2.35. The van der Waals surface area contributed by atoms with Crippen LogP contribution in [0.3, 0.4) is 0 Å². The number of aryl methyl sites for hydroxylation is 1. The van der Waals surface area contributed by atoms with Crippen LogP contribution < -0.4 is 0 Å². The minimum absolute atomic E-state index is 0.180. The Hall–Kier alpha value is -1.18. The molecule has 19 heavy (non-hydrogen) atoms. The van der Waals surface area contributed by atoms with E-state index in [0.717, 1.165) is 12.1 Å². The monoisotopic (exact) mass is 305 g/mol. The molecule has 1 aromatic carbocycles. The summed E-state index contributed by atoms with van der Waals surface area (Å²) in [6.07, 6.45) is -4.37. The van der Waals surface area contributed by atoms with Crippen LogP contribution in [-0.2, 0) is 17.3 Å². The number of alkyl halides is 3. The summed E-state index contributed by atoms with van der Waals surface area (Å²) in [7, 11) is 0. The SMILES string of the molecule is Cc1sc(-c2ccc(C(F)(F)F)cc2)cc1S(=O)[O-]. The van der Waals surface area contributed by atoms with Gasteiger partial charge in [0.2, 0.25) is 0 Å². The summed E-state index contributed by atoms with van der Waals surface area (Å²) in [4.78, 5) is 1.42. The van der Waals surface area contributed by atoms with Gasteiger partial charge in [0.15, 0.2) is 0 Å². The topological polar surface area (TPSA) is 40.1 Å². The van der Waals surface area contributed by atoms with Crippen molar-refractivity contribution in [3.05, 3.63) is 40.8 Å². The van der Waals surface area contributed by atoms with E-state index in [1.807, 2.05) is 0 Å². The lowest BCUT2D eigenvalue weighted by Crippen LogP contribution is -2.03. The van der Waals surface area contributed by atoms with Gasteiger partial charge in [0.25, 0.3) is 0 Å². The molecule has 0 amide bonds. The summed E-state index contributed by atoms with van der Waals surface area (Å²) >= 11 is -1.10. The molecule has 0 saturated carbocycles. The van der Waals surface area contributed by atoms with Crippen LogP contribution in [0, 0.1) is 6.92 Å². The standard InChI is InChI=1S/C12H9F3O2S2/c1-7-11(19(16)17)6-10(18-7)8-2-4-9(5-3-8)12(13,14)15/h2-6H,1H3,(H,16,17)/p-1. The number of hydrogen-bond donors (Lipinski definition) is 0. The summed E-state index contributed by atoms with van der Waals surface area (Å²) in [5.41, 5.74) is -0.157. The van der Waals surface area contributed by atoms with Crippen molar-refractivity contribution in [2.45, 2.75) is 18.0 Å². The highest BCUT2D eigenvalue weighted by atomic mass is 32.2. The zero-order valence-corrected chi connectivity index (χ0v) is 11.3. The molecule has 1 heterocycles. The van der Waals surface area contributed by atoms with Gasteiger partial charge in [0, 0.05) is 14.6 Å². The van der Waals surface area contributed by atoms with E-state index in [0.29, 0.717) is 15.3 Å². The third-order valence-electron chi connectivity index (χ3n) is 2.55. The molecule has 0 aliphatic heterocycles. The fraction of sp³-hybridized carbons (Fsp3) is 0.167. The Morgan fingerprint density at radius 1 is 1.21 bits per heavy atom. The van der Waals surface area contributed by atoms with Crippen molar-refractivity contribution < 1.29 is 21.9 Å². The quantitative estimate of drug-likeness (QED) is 0.787. The van der Waals surface area contributed by atoms with Gasteiger partial charge in [0.1, 0.15) is 0 Å². The molecule has 102 valence electrons. The third kappa shape index (κ3) is 3.05. The molecule has 2 rings (SSSR count). The van der Waals surface area contributed by atoms with Crippen LogP contribution in [0.2, 0.25) is 0 Å². The van der Waals surface area contributed by atoms with Crippen molar-refractivity contribution >= 4 is 22.4 Å². The summed E-state index contributed by atoms with van der Waals surface area (Å²) in [5, 5.41) is 0. The van der Waals surface area contributed by atoms with Crippen LogP contribution in [0.1, 0.15) is 10.4 Å². The highest BCUT2D eigenvalue weighted by Gasteiger charge is 2.30. The van der Waals surface area contributed by atoms with Gasteiger partial charge in [-0.25, -0.2) is 0 Å². The van der Waals surface area contributed by atoms with E-state index >= 15 is 0 Å². The predicted octanol–water partition coefficient (Wildman–Crippen LogP) is 3.98. The van der Waals surface area contributed by atoms with Gasteiger partial charge in [-0.15, -0.1) is 11.3 Å². The molecule has 0 fully saturated rings. The van der Waals surface area contributed by atoms with Crippen LogP contribution >= 0.6 is 11.3 Å². The molecule has 1 unspecified atom stereocenters. The second-order valence-corrected chi connectivity index (χ2v) is 6.01. The van der Waals surface area contributed by atoms with Crippen molar-refractivity contribution in [3.8, 4) is 10.4 Å². The van der Waals surface area contributed by atoms with Crippen LogP contribution in [0.25, 0.3) is 10.4 Å². The van der Waals surface area contributed by atoms with Gasteiger partial charge in [-0.05, 0) is 41.8 Å². The van der Waals surface area contributed by atoms with Crippen molar-refractivity contribution in [3.63, 3.8) is 0 Å². The summed E-state index contributed by atoms with van der Waals surface area (Å²) in [6, 6.07) is 6.11. The fourth-order valence-corrected chi connectivity index (χ4v) is 3.37. The maximum atomic E-state index is 12.4. The van der Waals surface area contributed by atoms with Crippen molar-refractivity contribution in [1.82, 2.24) is 0 Å². The molecule has 2 aromatic rings. The Labute approximate surface area is 114 Å². The molecule has 7 heteroatoms. The van der Waals surface area contributed by atoms with E-state index in [1.54, 1.807) is 6.92 Å². The molecule has 1 atom stereocenters. The summed E-state index contributed by atoms with van der Waals surface area (Å²) in [6.45, 7) is 1.66. The van der Waals surface area contributed by atoms with Crippen molar-refractivity contribution in [2.24, 2.45) is 0 Å². The maximum absolute atomic E-state index is 12.4. The first kappa shape index (κ1) is 14.2. The van der Waals surface area contributed by atoms with Gasteiger partial charge in [-0.1, -0.05) is 12.1 Å². The Bertz CT molecular complexity index is 615. The van der Waals surface area contributed by atoms with Crippen molar-refractivity contribution in [1.29, 1.82) is 0 Å². The average molecular weight is 305 g/mol. The van der Waals surface area contributed by atoms with Gasteiger partial charge in [0.05, 0.1) is 5.56 Å². The molecule has 0 bridgehead atoms. The van der Waals surface area contributed by atoms with Gasteiger partial charge < -0.3 is 4.55 Å². The normalized spacial score (nSPS) is 13.5. The van der Waals surface area contributed by atoms with Crippen molar-refractivity contribution in [2.75, 3.05) is 0 Å². The smallest absolute Gasteiger partial charge is 0.416 e. The van der Waals surface area contributed by atoms with Crippen LogP contribution in [0.4, 0.5) is 13.2 Å². The second-order valence-electron chi connectivity index (χ2n) is 3.84. The van der Waals surface area contributed by atoms with E-state index in [-0.39, 0.29) is 4.90 Å². The molecular weight excluding hydrogens is 297 g/mol. The van der Waals surface area contributed by atoms with E-state index in [4.69, 9.17) is 0 Å². The van der Waals surface area contributed by atoms with E-state index < -0.39 is 22.8 Å². The number of halogens is 3. The molecule has 0 aliphatic rings. The molecular formula is C12H8F3O2S2-. The zero-order valence-electron chi connectivity index (χ0n) is 9.65. The first-order valence-corrected chi connectivity index (χ1v) is 7.05. The first-order valence-electron chi connectivity index (χ1n) is 5.16. The fourth-order valence-electron chi connectivity index (χ4n) is 1.60. The van der Waals surface area contributed by atoms with E-state index in [2.05, 4.69) is 0 Å². The predicted molar refractivity (Wildman–Crippen MR) is 66.7 cm³/mol. The Kier molecular flexibility index (Phi) is 3.80. The number of thiophene rings is 1. The van der Waals surface area contributed by atoms with Crippen LogP contribution in [0.15, 0.2) is 35.2 Å². The third-order valence-corrected chi connectivity index (χ3v) is 4.56. The lowest BCUT2D eigenvalue weighted by atomic mass is 10.1. The minimum atomic E-state index is -4.37. The van der Waals surface area contributed by atoms with Gasteiger partial charge in [-0.3, -0.25) is 4.21 Å². The molecule has 0 spiro atoms. The molecule has 0 aliphatic carbocycles. The Balaban J connectivity index is 2.38. The first-order chi connectivity index (χ1) is 8.79. The lowest BCUT2D eigenvalue weighted by Gasteiger charge is -2.06. The van der Waals surface area contributed by atoms with Gasteiger partial charge >= 0.3 is 6.18 Å². The largest absolute Gasteiger partial charge is 0.768 e. The zero-order chi connectivity index (χ0) is 14.2. The molecule has 2 nitrogen and oxygen atoms in total. The number of rotatable bonds is 2. The second kappa shape index (κ2) is 5.07. The molecule has 0 N–H and O–H groups in total. The van der Waals surface area contributed by atoms with E-state index in [9.17, 15) is 21.9 Å². The van der Waals surface area contributed by atoms with Gasteiger partial charge in [-0.2, -0.15) is 13.2 Å². The highest BCUT2D eigenvalue weighted by molar-refractivity contribution is 7.79. The lowest BCUT2D eigenvalue weighted by molar-refractivity contribution is -0.137. The average Bonchev–Trinajstić information content (AvgIpc) is 2.70.